The van der Waals surface area contributed by atoms with Crippen molar-refractivity contribution in [2.75, 3.05) is 25.4 Å². The van der Waals surface area contributed by atoms with Gasteiger partial charge >= 0.3 is 0 Å². The highest BCUT2D eigenvalue weighted by atomic mass is 32.2. The first kappa shape index (κ1) is 24.8. The van der Waals surface area contributed by atoms with Crippen molar-refractivity contribution in [3.05, 3.63) is 54.2 Å². The number of carbonyl (C=O) groups excluding carboxylic acids is 3. The standard InChI is InChI=1S/C24H29N5O5S/c1-16(9-12-27-24(32)17-5-7-18(25)8-6-17)14-22(31)28-13-10-19-23(28)20(30)15-29(19)35(33,34)21-4-2-3-11-26-21/h2-8,11,16,19,23H,9-10,12-15,25H2,1H3,(H,27,32). The number of nitrogens with one attached hydrogen (secondary N) is 1. The minimum Gasteiger partial charge on any atom is -0.399 e. The van der Waals surface area contributed by atoms with Crippen LogP contribution < -0.4 is 11.1 Å². The van der Waals surface area contributed by atoms with Crippen LogP contribution in [0.4, 0.5) is 5.69 Å². The molecule has 3 N–H and O–H groups in total. The highest BCUT2D eigenvalue weighted by Gasteiger charge is 2.53. The van der Waals surface area contributed by atoms with Crippen molar-refractivity contribution in [2.45, 2.75) is 43.3 Å². The minimum absolute atomic E-state index is 0.0295. The van der Waals surface area contributed by atoms with Gasteiger partial charge in [-0.25, -0.2) is 13.4 Å². The Balaban J connectivity index is 1.31. The zero-order chi connectivity index (χ0) is 25.2. The third-order valence-corrected chi connectivity index (χ3v) is 8.31. The molecule has 1 aromatic heterocycles. The van der Waals surface area contributed by atoms with Gasteiger partial charge in [0.15, 0.2) is 10.8 Å². The second kappa shape index (κ2) is 10.1. The number of anilines is 1. The highest BCUT2D eigenvalue weighted by molar-refractivity contribution is 7.89. The summed E-state index contributed by atoms with van der Waals surface area (Å²) in [6, 6.07) is 9.88. The molecule has 0 radical (unpaired) electrons. The Morgan fingerprint density at radius 3 is 2.63 bits per heavy atom. The summed E-state index contributed by atoms with van der Waals surface area (Å²) in [4.78, 5) is 43.5. The molecule has 0 bridgehead atoms. The van der Waals surface area contributed by atoms with Crippen LogP contribution in [0.2, 0.25) is 0 Å². The summed E-state index contributed by atoms with van der Waals surface area (Å²) in [5.41, 5.74) is 6.73. The van der Waals surface area contributed by atoms with E-state index in [9.17, 15) is 22.8 Å². The molecule has 2 saturated heterocycles. The third-order valence-electron chi connectivity index (χ3n) is 6.53. The number of nitrogen functional groups attached to an aromatic ring is 1. The van der Waals surface area contributed by atoms with Crippen LogP contribution in [0.25, 0.3) is 0 Å². The summed E-state index contributed by atoms with van der Waals surface area (Å²) in [6.45, 7) is 2.38. The van der Waals surface area contributed by atoms with E-state index < -0.39 is 22.1 Å². The number of hydrogen-bond donors (Lipinski definition) is 2. The molecule has 2 fully saturated rings. The van der Waals surface area contributed by atoms with Crippen molar-refractivity contribution in [2.24, 2.45) is 5.92 Å². The molecule has 35 heavy (non-hydrogen) atoms. The number of nitrogens with two attached hydrogens (primary N) is 1. The Morgan fingerprint density at radius 1 is 1.20 bits per heavy atom. The largest absolute Gasteiger partial charge is 0.399 e. The Kier molecular flexibility index (Phi) is 7.18. The SMILES string of the molecule is CC(CCNC(=O)c1ccc(N)cc1)CC(=O)N1CCC2C1C(=O)CN2S(=O)(=O)c1ccccn1. The molecule has 1 aromatic carbocycles. The summed E-state index contributed by atoms with van der Waals surface area (Å²) < 4.78 is 27.3. The van der Waals surface area contributed by atoms with Crippen molar-refractivity contribution in [1.82, 2.24) is 19.5 Å². The molecule has 186 valence electrons. The van der Waals surface area contributed by atoms with Gasteiger partial charge < -0.3 is 16.0 Å². The molecule has 3 heterocycles. The number of hydrogen-bond acceptors (Lipinski definition) is 7. The molecule has 4 rings (SSSR count). The van der Waals surface area contributed by atoms with Crippen molar-refractivity contribution >= 4 is 33.3 Å². The maximum atomic E-state index is 13.0. The number of sulfonamides is 1. The molecule has 11 heteroatoms. The fourth-order valence-corrected chi connectivity index (χ4v) is 6.24. The number of aromatic nitrogens is 1. The van der Waals surface area contributed by atoms with Crippen molar-refractivity contribution in [3.8, 4) is 0 Å². The van der Waals surface area contributed by atoms with Crippen LogP contribution >= 0.6 is 0 Å². The number of amides is 2. The number of pyridine rings is 1. The number of rotatable bonds is 8. The van der Waals surface area contributed by atoms with Crippen LogP contribution in [0, 0.1) is 5.92 Å². The van der Waals surface area contributed by atoms with Gasteiger partial charge in [-0.1, -0.05) is 13.0 Å². The number of benzene rings is 1. The summed E-state index contributed by atoms with van der Waals surface area (Å²) in [5, 5.41) is 2.73. The third kappa shape index (κ3) is 5.20. The van der Waals surface area contributed by atoms with E-state index in [0.717, 1.165) is 0 Å². The van der Waals surface area contributed by atoms with Crippen LogP contribution in [-0.2, 0) is 19.6 Å². The Hall–Kier alpha value is -3.31. The van der Waals surface area contributed by atoms with Crippen LogP contribution in [-0.4, -0.2) is 71.9 Å². The van der Waals surface area contributed by atoms with Crippen LogP contribution in [0.3, 0.4) is 0 Å². The molecule has 0 spiro atoms. The number of ketones is 1. The Morgan fingerprint density at radius 2 is 1.94 bits per heavy atom. The smallest absolute Gasteiger partial charge is 0.261 e. The molecule has 3 atom stereocenters. The second-order valence-electron chi connectivity index (χ2n) is 9.05. The average molecular weight is 500 g/mol. The molecule has 3 unspecified atom stereocenters. The van der Waals surface area contributed by atoms with E-state index in [0.29, 0.717) is 37.2 Å². The van der Waals surface area contributed by atoms with Gasteiger partial charge in [-0.2, -0.15) is 4.31 Å². The van der Waals surface area contributed by atoms with Gasteiger partial charge in [0.1, 0.15) is 6.04 Å². The molecular formula is C24H29N5O5S. The second-order valence-corrected chi connectivity index (χ2v) is 10.9. The summed E-state index contributed by atoms with van der Waals surface area (Å²) in [6.07, 6.45) is 2.59. The summed E-state index contributed by atoms with van der Waals surface area (Å²) in [5.74, 6) is -0.695. The quantitative estimate of drug-likeness (QED) is 0.517. The fourth-order valence-electron chi connectivity index (χ4n) is 4.68. The van der Waals surface area contributed by atoms with Gasteiger partial charge in [0, 0.05) is 37.0 Å². The molecule has 2 aromatic rings. The van der Waals surface area contributed by atoms with Crippen LogP contribution in [0.5, 0.6) is 0 Å². The van der Waals surface area contributed by atoms with E-state index in [2.05, 4.69) is 10.3 Å². The van der Waals surface area contributed by atoms with Gasteiger partial charge in [0.2, 0.25) is 5.91 Å². The van der Waals surface area contributed by atoms with Gasteiger partial charge in [-0.3, -0.25) is 14.4 Å². The zero-order valence-corrected chi connectivity index (χ0v) is 20.3. The molecular weight excluding hydrogens is 470 g/mol. The lowest BCUT2D eigenvalue weighted by molar-refractivity contribution is -0.137. The number of carbonyl (C=O) groups is 3. The van der Waals surface area contributed by atoms with E-state index in [1.54, 1.807) is 36.4 Å². The lowest BCUT2D eigenvalue weighted by Crippen LogP contribution is -2.44. The predicted molar refractivity (Wildman–Crippen MR) is 129 cm³/mol. The first-order valence-electron chi connectivity index (χ1n) is 11.6. The van der Waals surface area contributed by atoms with E-state index >= 15 is 0 Å². The van der Waals surface area contributed by atoms with Crippen molar-refractivity contribution in [1.29, 1.82) is 0 Å². The van der Waals surface area contributed by atoms with Crippen molar-refractivity contribution < 1.29 is 22.8 Å². The Bertz CT molecular complexity index is 1200. The molecule has 0 saturated carbocycles. The monoisotopic (exact) mass is 499 g/mol. The van der Waals surface area contributed by atoms with E-state index in [-0.39, 0.29) is 41.5 Å². The maximum absolute atomic E-state index is 13.0. The lowest BCUT2D eigenvalue weighted by Gasteiger charge is -2.25. The van der Waals surface area contributed by atoms with Crippen molar-refractivity contribution in [3.63, 3.8) is 0 Å². The number of likely N-dealkylation sites (tertiary alicyclic amines) is 1. The van der Waals surface area contributed by atoms with E-state index in [1.165, 1.54) is 21.5 Å². The van der Waals surface area contributed by atoms with E-state index in [4.69, 9.17) is 5.73 Å². The number of fused-ring (bicyclic) bond motifs is 1. The van der Waals surface area contributed by atoms with E-state index in [1.807, 2.05) is 6.92 Å². The Labute approximate surface area is 204 Å². The minimum atomic E-state index is -3.93. The van der Waals surface area contributed by atoms with Gasteiger partial charge in [-0.15, -0.1) is 0 Å². The topological polar surface area (TPSA) is 143 Å². The highest BCUT2D eigenvalue weighted by Crippen LogP contribution is 2.34. The molecule has 2 aliphatic heterocycles. The fraction of sp³-hybridized carbons (Fsp3) is 0.417. The lowest BCUT2D eigenvalue weighted by atomic mass is 10.0. The number of Topliss-reactive ketones (excluding diaryl/α,β-unsaturated/α-hetero) is 1. The normalized spacial score (nSPS) is 21.1. The summed E-state index contributed by atoms with van der Waals surface area (Å²) >= 11 is 0. The maximum Gasteiger partial charge on any atom is 0.261 e. The van der Waals surface area contributed by atoms with Gasteiger partial charge in [-0.05, 0) is 55.2 Å². The molecule has 10 nitrogen and oxygen atoms in total. The predicted octanol–water partition coefficient (Wildman–Crippen LogP) is 1.05. The molecule has 0 aliphatic carbocycles. The first-order valence-corrected chi connectivity index (χ1v) is 13.0. The average Bonchev–Trinajstić information content (AvgIpc) is 3.41. The molecule has 2 amide bonds. The summed E-state index contributed by atoms with van der Waals surface area (Å²) in [7, 11) is -3.93. The van der Waals surface area contributed by atoms with Gasteiger partial charge in [0.05, 0.1) is 12.6 Å². The zero-order valence-electron chi connectivity index (χ0n) is 19.5. The van der Waals surface area contributed by atoms with Gasteiger partial charge in [0.25, 0.3) is 15.9 Å². The number of nitrogens with zero attached hydrogens (tertiary/aromatic N) is 3. The van der Waals surface area contributed by atoms with Crippen LogP contribution in [0.1, 0.15) is 36.5 Å². The van der Waals surface area contributed by atoms with Crippen LogP contribution in [0.15, 0.2) is 53.7 Å². The first-order chi connectivity index (χ1) is 16.7. The molecule has 2 aliphatic rings.